The van der Waals surface area contributed by atoms with E-state index in [1.54, 1.807) is 30.3 Å². The highest BCUT2D eigenvalue weighted by molar-refractivity contribution is 5.91. The molecule has 0 N–H and O–H groups in total. The molecule has 35 heavy (non-hydrogen) atoms. The van der Waals surface area contributed by atoms with E-state index in [1.807, 2.05) is 37.3 Å². The highest BCUT2D eigenvalue weighted by Crippen LogP contribution is 2.28. The molecule has 0 saturated heterocycles. The number of halogens is 1. The van der Waals surface area contributed by atoms with Gasteiger partial charge in [-0.15, -0.1) is 0 Å². The first-order chi connectivity index (χ1) is 17.0. The van der Waals surface area contributed by atoms with Crippen LogP contribution in [-0.4, -0.2) is 12.1 Å². The van der Waals surface area contributed by atoms with Gasteiger partial charge in [0.15, 0.2) is 11.6 Å². The Bertz CT molecular complexity index is 1060. The first-order valence-electron chi connectivity index (χ1n) is 12.9. The van der Waals surface area contributed by atoms with Crippen molar-refractivity contribution in [3.05, 3.63) is 83.7 Å². The van der Waals surface area contributed by atoms with Crippen molar-refractivity contribution in [2.45, 2.75) is 78.2 Å². The zero-order valence-electron chi connectivity index (χ0n) is 21.2. The second-order valence-electron chi connectivity index (χ2n) is 9.14. The standard InChI is InChI=1S/C31H37FO3/c1-4-6-8-9-10-23(3)34-30-21-18-27(22-29(30)32)25-16-19-28(20-17-25)35-31(33)26-14-12-24(13-15-26)11-7-5-2/h12-23H,4-11H2,1-3H3. The molecule has 0 aliphatic rings. The number of carbonyl (C=O) groups is 1. The SMILES string of the molecule is CCCCCCC(C)Oc1ccc(-c2ccc(OC(=O)c3ccc(CCCC)cc3)cc2)cc1F. The molecular formula is C31H37FO3. The first-order valence-corrected chi connectivity index (χ1v) is 12.9. The lowest BCUT2D eigenvalue weighted by molar-refractivity contribution is 0.0734. The lowest BCUT2D eigenvalue weighted by Crippen LogP contribution is -2.12. The third kappa shape index (κ3) is 8.24. The molecule has 3 aromatic rings. The second-order valence-corrected chi connectivity index (χ2v) is 9.14. The zero-order chi connectivity index (χ0) is 25.0. The normalized spacial score (nSPS) is 11.8. The molecule has 3 aromatic carbocycles. The van der Waals surface area contributed by atoms with Gasteiger partial charge in [-0.3, -0.25) is 0 Å². The molecule has 0 fully saturated rings. The molecule has 0 aliphatic carbocycles. The van der Waals surface area contributed by atoms with Crippen LogP contribution in [0.3, 0.4) is 0 Å². The summed E-state index contributed by atoms with van der Waals surface area (Å²) in [5, 5.41) is 0. The summed E-state index contributed by atoms with van der Waals surface area (Å²) in [5.41, 5.74) is 3.32. The second kappa shape index (κ2) is 13.7. The number of ether oxygens (including phenoxy) is 2. The summed E-state index contributed by atoms with van der Waals surface area (Å²) in [4.78, 5) is 12.5. The molecule has 0 spiro atoms. The molecule has 0 saturated carbocycles. The van der Waals surface area contributed by atoms with Gasteiger partial charge in [0.05, 0.1) is 11.7 Å². The van der Waals surface area contributed by atoms with E-state index in [0.29, 0.717) is 11.3 Å². The van der Waals surface area contributed by atoms with Gasteiger partial charge in [0.2, 0.25) is 0 Å². The van der Waals surface area contributed by atoms with Crippen molar-refractivity contribution < 1.29 is 18.7 Å². The maximum atomic E-state index is 14.7. The van der Waals surface area contributed by atoms with E-state index in [9.17, 15) is 9.18 Å². The maximum Gasteiger partial charge on any atom is 0.343 e. The molecule has 186 valence electrons. The Kier molecular flexibility index (Phi) is 10.3. The van der Waals surface area contributed by atoms with Crippen LogP contribution in [0.25, 0.3) is 11.1 Å². The van der Waals surface area contributed by atoms with E-state index >= 15 is 0 Å². The molecule has 1 atom stereocenters. The fourth-order valence-electron chi connectivity index (χ4n) is 3.98. The number of carbonyl (C=O) groups excluding carboxylic acids is 1. The number of esters is 1. The van der Waals surface area contributed by atoms with Gasteiger partial charge in [-0.25, -0.2) is 9.18 Å². The van der Waals surface area contributed by atoms with Gasteiger partial charge in [0.1, 0.15) is 5.75 Å². The fraction of sp³-hybridized carbons (Fsp3) is 0.387. The quantitative estimate of drug-likeness (QED) is 0.140. The predicted molar refractivity (Wildman–Crippen MR) is 141 cm³/mol. The molecule has 3 nitrogen and oxygen atoms in total. The van der Waals surface area contributed by atoms with Crippen molar-refractivity contribution in [2.75, 3.05) is 0 Å². The van der Waals surface area contributed by atoms with Crippen LogP contribution in [0.4, 0.5) is 4.39 Å². The minimum absolute atomic E-state index is 0.0197. The van der Waals surface area contributed by atoms with Crippen molar-refractivity contribution in [3.63, 3.8) is 0 Å². The van der Waals surface area contributed by atoms with Crippen molar-refractivity contribution >= 4 is 5.97 Å². The summed E-state index contributed by atoms with van der Waals surface area (Å²) in [6.45, 7) is 6.33. The highest BCUT2D eigenvalue weighted by atomic mass is 19.1. The number of rotatable bonds is 13. The van der Waals surface area contributed by atoms with Crippen molar-refractivity contribution in [1.82, 2.24) is 0 Å². The average molecular weight is 477 g/mol. The van der Waals surface area contributed by atoms with E-state index in [2.05, 4.69) is 13.8 Å². The van der Waals surface area contributed by atoms with Crippen LogP contribution < -0.4 is 9.47 Å². The van der Waals surface area contributed by atoms with E-state index in [0.717, 1.165) is 43.2 Å². The molecule has 0 heterocycles. The Morgan fingerprint density at radius 2 is 1.51 bits per heavy atom. The average Bonchev–Trinajstić information content (AvgIpc) is 2.87. The highest BCUT2D eigenvalue weighted by Gasteiger charge is 2.12. The summed E-state index contributed by atoms with van der Waals surface area (Å²) in [7, 11) is 0. The monoisotopic (exact) mass is 476 g/mol. The van der Waals surface area contributed by atoms with Crippen LogP contribution in [0, 0.1) is 5.82 Å². The minimum atomic E-state index is -0.392. The van der Waals surface area contributed by atoms with E-state index in [4.69, 9.17) is 9.47 Å². The van der Waals surface area contributed by atoms with E-state index in [-0.39, 0.29) is 17.7 Å². The van der Waals surface area contributed by atoms with Gasteiger partial charge in [-0.1, -0.05) is 69.9 Å². The predicted octanol–water partition coefficient (Wildman–Crippen LogP) is 8.79. The number of unbranched alkanes of at least 4 members (excludes halogenated alkanes) is 4. The van der Waals surface area contributed by atoms with Gasteiger partial charge in [0, 0.05) is 0 Å². The molecular weight excluding hydrogens is 439 g/mol. The minimum Gasteiger partial charge on any atom is -0.488 e. The number of hydrogen-bond donors (Lipinski definition) is 0. The Morgan fingerprint density at radius 1 is 0.829 bits per heavy atom. The molecule has 0 amide bonds. The molecule has 0 radical (unpaired) electrons. The van der Waals surface area contributed by atoms with Gasteiger partial charge >= 0.3 is 5.97 Å². The molecule has 1 unspecified atom stereocenters. The van der Waals surface area contributed by atoms with Crippen LogP contribution in [0.15, 0.2) is 66.7 Å². The third-order valence-corrected chi connectivity index (χ3v) is 6.13. The molecule has 0 aromatic heterocycles. The third-order valence-electron chi connectivity index (χ3n) is 6.13. The van der Waals surface area contributed by atoms with Crippen molar-refractivity contribution in [2.24, 2.45) is 0 Å². The Balaban J connectivity index is 1.57. The Morgan fingerprint density at radius 3 is 2.17 bits per heavy atom. The number of hydrogen-bond acceptors (Lipinski definition) is 3. The molecule has 3 rings (SSSR count). The smallest absolute Gasteiger partial charge is 0.343 e. The summed E-state index contributed by atoms with van der Waals surface area (Å²) in [5.74, 6) is -0.0360. The van der Waals surface area contributed by atoms with Gasteiger partial charge in [0.25, 0.3) is 0 Å². The number of aryl methyl sites for hydroxylation is 1. The lowest BCUT2D eigenvalue weighted by atomic mass is 10.0. The summed E-state index contributed by atoms with van der Waals surface area (Å²) in [6, 6.07) is 19.7. The van der Waals surface area contributed by atoms with Crippen LogP contribution in [0.2, 0.25) is 0 Å². The molecule has 0 aliphatic heterocycles. The fourth-order valence-corrected chi connectivity index (χ4v) is 3.98. The van der Waals surface area contributed by atoms with Crippen LogP contribution in [0.1, 0.15) is 81.6 Å². The summed E-state index contributed by atoms with van der Waals surface area (Å²) in [6.07, 6.45) is 8.88. The maximum absolute atomic E-state index is 14.7. The molecule has 0 bridgehead atoms. The summed E-state index contributed by atoms with van der Waals surface area (Å²) >= 11 is 0. The largest absolute Gasteiger partial charge is 0.488 e. The van der Waals surface area contributed by atoms with Crippen LogP contribution >= 0.6 is 0 Å². The van der Waals surface area contributed by atoms with Crippen molar-refractivity contribution in [3.8, 4) is 22.6 Å². The van der Waals surface area contributed by atoms with Gasteiger partial charge in [-0.05, 0) is 85.7 Å². The summed E-state index contributed by atoms with van der Waals surface area (Å²) < 4.78 is 26.0. The number of benzene rings is 3. The lowest BCUT2D eigenvalue weighted by Gasteiger charge is -2.16. The topological polar surface area (TPSA) is 35.5 Å². The van der Waals surface area contributed by atoms with Crippen molar-refractivity contribution in [1.29, 1.82) is 0 Å². The van der Waals surface area contributed by atoms with Crippen LogP contribution in [0.5, 0.6) is 11.5 Å². The van der Waals surface area contributed by atoms with Gasteiger partial charge in [-0.2, -0.15) is 0 Å². The van der Waals surface area contributed by atoms with E-state index < -0.39 is 5.97 Å². The van der Waals surface area contributed by atoms with Crippen LogP contribution in [-0.2, 0) is 6.42 Å². The first kappa shape index (κ1) is 26.5. The van der Waals surface area contributed by atoms with E-state index in [1.165, 1.54) is 30.9 Å². The molecule has 4 heteroatoms. The Hall–Kier alpha value is -3.14. The zero-order valence-corrected chi connectivity index (χ0v) is 21.2. The Labute approximate surface area is 209 Å². The van der Waals surface area contributed by atoms with Gasteiger partial charge < -0.3 is 9.47 Å².